The lowest BCUT2D eigenvalue weighted by Crippen LogP contribution is -2.22. The fraction of sp³-hybridized carbons (Fsp3) is 0. The standard InChI is InChI=1S/C16H7N3O2S2/c17-7-8(20)13-11(9-3-1-5-22-9)14-15(18-13)12(16(21)19-14)10-4-2-6-23-10/h1-6,18H. The van der Waals surface area contributed by atoms with Crippen LogP contribution in [0.4, 0.5) is 0 Å². The smallest absolute Gasteiger partial charge is 0.281 e. The SMILES string of the molecule is N#CC(=O)c1[nH]c2c(c1-c1cccs1)=NC(=O)C=2c1cccs1. The zero-order valence-electron chi connectivity index (χ0n) is 11.5. The quantitative estimate of drug-likeness (QED) is 0.585. The lowest BCUT2D eigenvalue weighted by Gasteiger charge is -1.97. The Morgan fingerprint density at radius 3 is 2.48 bits per heavy atom. The van der Waals surface area contributed by atoms with Crippen molar-refractivity contribution in [1.82, 2.24) is 4.98 Å². The first-order valence-corrected chi connectivity index (χ1v) is 8.38. The molecule has 1 aliphatic heterocycles. The molecular weight excluding hydrogens is 330 g/mol. The number of nitriles is 1. The highest BCUT2D eigenvalue weighted by molar-refractivity contribution is 7.13. The van der Waals surface area contributed by atoms with Gasteiger partial charge in [0.2, 0.25) is 0 Å². The van der Waals surface area contributed by atoms with Gasteiger partial charge >= 0.3 is 0 Å². The van der Waals surface area contributed by atoms with E-state index in [4.69, 9.17) is 5.26 Å². The number of aromatic amines is 1. The molecule has 0 bridgehead atoms. The molecule has 1 amide bonds. The summed E-state index contributed by atoms with van der Waals surface area (Å²) in [6.45, 7) is 0. The molecule has 110 valence electrons. The van der Waals surface area contributed by atoms with Crippen LogP contribution in [0.15, 0.2) is 40.0 Å². The van der Waals surface area contributed by atoms with E-state index in [9.17, 15) is 9.59 Å². The number of carbonyl (C=O) groups is 2. The number of carbonyl (C=O) groups excluding carboxylic acids is 2. The van der Waals surface area contributed by atoms with Crippen molar-refractivity contribution in [2.24, 2.45) is 4.99 Å². The molecule has 5 nitrogen and oxygen atoms in total. The van der Waals surface area contributed by atoms with E-state index in [0.717, 1.165) is 9.75 Å². The van der Waals surface area contributed by atoms with Crippen LogP contribution in [0.25, 0.3) is 16.0 Å². The summed E-state index contributed by atoms with van der Waals surface area (Å²) >= 11 is 2.86. The van der Waals surface area contributed by atoms with Gasteiger partial charge in [0.25, 0.3) is 11.7 Å². The largest absolute Gasteiger partial charge is 0.349 e. The molecule has 3 aromatic heterocycles. The first-order valence-electron chi connectivity index (χ1n) is 6.62. The average molecular weight is 337 g/mol. The summed E-state index contributed by atoms with van der Waals surface area (Å²) in [5, 5.41) is 13.7. The summed E-state index contributed by atoms with van der Waals surface area (Å²) in [4.78, 5) is 33.0. The van der Waals surface area contributed by atoms with Crippen LogP contribution in [0.5, 0.6) is 0 Å². The second-order valence-electron chi connectivity index (χ2n) is 4.79. The lowest BCUT2D eigenvalue weighted by atomic mass is 10.1. The molecule has 0 aliphatic carbocycles. The molecule has 0 saturated carbocycles. The van der Waals surface area contributed by atoms with E-state index in [1.54, 1.807) is 6.07 Å². The summed E-state index contributed by atoms with van der Waals surface area (Å²) in [5.41, 5.74) is 1.16. The van der Waals surface area contributed by atoms with Crippen LogP contribution in [-0.2, 0) is 4.79 Å². The number of amides is 1. The second kappa shape index (κ2) is 5.12. The molecule has 4 rings (SSSR count). The topological polar surface area (TPSA) is 86.1 Å². The monoisotopic (exact) mass is 337 g/mol. The number of rotatable bonds is 3. The van der Waals surface area contributed by atoms with E-state index in [1.807, 2.05) is 35.0 Å². The van der Waals surface area contributed by atoms with E-state index in [-0.39, 0.29) is 11.6 Å². The van der Waals surface area contributed by atoms with Gasteiger partial charge in [0, 0.05) is 15.3 Å². The van der Waals surface area contributed by atoms with Crippen molar-refractivity contribution in [3.8, 4) is 16.5 Å². The molecule has 0 unspecified atom stereocenters. The molecule has 23 heavy (non-hydrogen) atoms. The van der Waals surface area contributed by atoms with Crippen LogP contribution in [-0.4, -0.2) is 16.7 Å². The molecule has 3 aromatic rings. The predicted molar refractivity (Wildman–Crippen MR) is 86.7 cm³/mol. The lowest BCUT2D eigenvalue weighted by molar-refractivity contribution is -0.112. The van der Waals surface area contributed by atoms with Gasteiger partial charge in [-0.15, -0.1) is 22.7 Å². The summed E-state index contributed by atoms with van der Waals surface area (Å²) in [7, 11) is 0. The van der Waals surface area contributed by atoms with Crippen LogP contribution in [0.3, 0.4) is 0 Å². The molecule has 0 radical (unpaired) electrons. The highest BCUT2D eigenvalue weighted by atomic mass is 32.1. The van der Waals surface area contributed by atoms with Gasteiger partial charge in [0.1, 0.15) is 17.1 Å². The summed E-state index contributed by atoms with van der Waals surface area (Å²) in [6.07, 6.45) is 0. The first kappa shape index (κ1) is 13.8. The Morgan fingerprint density at radius 2 is 1.87 bits per heavy atom. The van der Waals surface area contributed by atoms with E-state index in [2.05, 4.69) is 9.98 Å². The van der Waals surface area contributed by atoms with Gasteiger partial charge < -0.3 is 4.98 Å². The number of ketones is 1. The fourth-order valence-corrected chi connectivity index (χ4v) is 4.13. The van der Waals surface area contributed by atoms with E-state index >= 15 is 0 Å². The van der Waals surface area contributed by atoms with E-state index in [1.165, 1.54) is 22.7 Å². The number of thiophene rings is 2. The number of aromatic nitrogens is 1. The Morgan fingerprint density at radius 1 is 1.17 bits per heavy atom. The third kappa shape index (κ3) is 2.00. The average Bonchev–Trinajstić information content (AvgIpc) is 3.29. The number of nitrogens with zero attached hydrogens (tertiary/aromatic N) is 2. The Kier molecular flexibility index (Phi) is 3.08. The summed E-state index contributed by atoms with van der Waals surface area (Å²) in [6, 6.07) is 9.00. The van der Waals surface area contributed by atoms with Crippen LogP contribution in [0.1, 0.15) is 15.4 Å². The van der Waals surface area contributed by atoms with Crippen molar-refractivity contribution >= 4 is 39.9 Å². The van der Waals surface area contributed by atoms with Gasteiger partial charge in [-0.3, -0.25) is 9.59 Å². The minimum absolute atomic E-state index is 0.185. The van der Waals surface area contributed by atoms with Gasteiger partial charge in [-0.05, 0) is 22.9 Å². The predicted octanol–water partition coefficient (Wildman–Crippen LogP) is 1.87. The van der Waals surface area contributed by atoms with Crippen LogP contribution in [0, 0.1) is 11.3 Å². The van der Waals surface area contributed by atoms with Gasteiger partial charge in [0.15, 0.2) is 0 Å². The number of hydrogen-bond donors (Lipinski definition) is 1. The zero-order chi connectivity index (χ0) is 16.0. The molecule has 0 aromatic carbocycles. The minimum Gasteiger partial charge on any atom is -0.349 e. The fourth-order valence-electron chi connectivity index (χ4n) is 2.58. The Balaban J connectivity index is 2.13. The second-order valence-corrected chi connectivity index (χ2v) is 6.68. The number of fused-ring (bicyclic) bond motifs is 1. The van der Waals surface area contributed by atoms with E-state index in [0.29, 0.717) is 21.8 Å². The van der Waals surface area contributed by atoms with Gasteiger partial charge in [-0.1, -0.05) is 12.1 Å². The number of hydrogen-bond acceptors (Lipinski definition) is 5. The third-order valence-corrected chi connectivity index (χ3v) is 5.29. The maximum atomic E-state index is 12.3. The maximum absolute atomic E-state index is 12.3. The molecule has 1 N–H and O–H groups in total. The normalized spacial score (nSPS) is 12.8. The van der Waals surface area contributed by atoms with E-state index < -0.39 is 5.78 Å². The van der Waals surface area contributed by atoms with Crippen molar-refractivity contribution in [3.05, 3.63) is 56.3 Å². The number of H-pyrrole nitrogens is 1. The summed E-state index contributed by atoms with van der Waals surface area (Å²) < 4.78 is 0. The molecule has 0 spiro atoms. The highest BCUT2D eigenvalue weighted by Gasteiger charge is 2.27. The molecule has 7 heteroatoms. The Bertz CT molecular complexity index is 1100. The van der Waals surface area contributed by atoms with Gasteiger partial charge in [-0.2, -0.15) is 5.26 Å². The van der Waals surface area contributed by atoms with Crippen LogP contribution >= 0.6 is 22.7 Å². The minimum atomic E-state index is -0.670. The maximum Gasteiger partial charge on any atom is 0.281 e. The third-order valence-electron chi connectivity index (χ3n) is 3.51. The Labute approximate surface area is 137 Å². The molecular formula is C16H7N3O2S2. The van der Waals surface area contributed by atoms with Crippen molar-refractivity contribution in [2.75, 3.05) is 0 Å². The number of Topliss-reactive ketones (excluding diaryl/α,β-unsaturated/α-hetero) is 1. The summed E-state index contributed by atoms with van der Waals surface area (Å²) in [5.74, 6) is -1.00. The highest BCUT2D eigenvalue weighted by Crippen LogP contribution is 2.26. The van der Waals surface area contributed by atoms with Gasteiger partial charge in [-0.25, -0.2) is 4.99 Å². The van der Waals surface area contributed by atoms with Crippen molar-refractivity contribution < 1.29 is 9.59 Å². The van der Waals surface area contributed by atoms with Crippen molar-refractivity contribution in [3.63, 3.8) is 0 Å². The van der Waals surface area contributed by atoms with Crippen molar-refractivity contribution in [2.45, 2.75) is 0 Å². The zero-order valence-corrected chi connectivity index (χ0v) is 13.1. The molecule has 1 aliphatic rings. The van der Waals surface area contributed by atoms with Crippen molar-refractivity contribution in [1.29, 1.82) is 5.26 Å². The molecule has 0 saturated heterocycles. The molecule has 0 fully saturated rings. The molecule has 0 atom stereocenters. The van der Waals surface area contributed by atoms with Gasteiger partial charge in [0.05, 0.1) is 10.9 Å². The first-order chi connectivity index (χ1) is 11.2. The van der Waals surface area contributed by atoms with Crippen LogP contribution < -0.4 is 10.7 Å². The Hall–Kier alpha value is -2.82. The van der Waals surface area contributed by atoms with Crippen LogP contribution in [0.2, 0.25) is 0 Å². The number of nitrogens with one attached hydrogen (secondary N) is 1. The molecule has 4 heterocycles.